The molecule has 9 heteroatoms. The van der Waals surface area contributed by atoms with Crippen molar-refractivity contribution < 1.29 is 33.3 Å². The molecule has 2 saturated heterocycles. The van der Waals surface area contributed by atoms with Crippen molar-refractivity contribution in [3.63, 3.8) is 0 Å². The van der Waals surface area contributed by atoms with Crippen molar-refractivity contribution >= 4 is 35.1 Å². The van der Waals surface area contributed by atoms with Crippen molar-refractivity contribution in [2.75, 3.05) is 19.8 Å². The molecule has 0 aromatic heterocycles. The Labute approximate surface area is 282 Å². The molecule has 1 spiro atoms. The molecule has 0 radical (unpaired) electrons. The minimum Gasteiger partial charge on any atom is -0.462 e. The smallest absolute Gasteiger partial charge is 0.339 e. The summed E-state index contributed by atoms with van der Waals surface area (Å²) >= 11 is 12.6. The van der Waals surface area contributed by atoms with Crippen LogP contribution in [0.4, 0.5) is 0 Å². The fourth-order valence-electron chi connectivity index (χ4n) is 9.28. The van der Waals surface area contributed by atoms with E-state index in [4.69, 9.17) is 46.9 Å². The van der Waals surface area contributed by atoms with Gasteiger partial charge in [0.25, 0.3) is 0 Å². The summed E-state index contributed by atoms with van der Waals surface area (Å²) in [5.41, 5.74) is -0.996. The molecule has 2 aromatic carbocycles. The summed E-state index contributed by atoms with van der Waals surface area (Å²) < 4.78 is 32.0. The van der Waals surface area contributed by atoms with Gasteiger partial charge in [-0.15, -0.1) is 0 Å². The molecule has 250 valence electrons. The fourth-order valence-corrected chi connectivity index (χ4v) is 9.71. The number of fused-ring (bicyclic) bond motifs is 4. The molecule has 0 unspecified atom stereocenters. The molecule has 2 saturated carbocycles. The number of hydrogen-bond acceptors (Lipinski definition) is 7. The summed E-state index contributed by atoms with van der Waals surface area (Å²) in [7, 11) is 0. The van der Waals surface area contributed by atoms with Gasteiger partial charge < -0.3 is 23.7 Å². The van der Waals surface area contributed by atoms with E-state index in [2.05, 4.69) is 20.8 Å². The average molecular weight is 674 g/mol. The zero-order chi connectivity index (χ0) is 33.0. The standard InChI is InChI=1S/C37H46Cl2O7/c1-24-14-15-29-34(4)22-44-33(2,3)45-30(34)16-17-35(29,5)37(24)19-18-36(46-37,23-43-32(41)26-11-7-9-13-28(26)39)20-21-42-31(40)25-10-6-8-12-27(25)38/h6-13,24,29-30H,14-23H2,1-5H3/t24-,29+,30+,34+,35+,36+,37+/m1/s1. The second-order valence-electron chi connectivity index (χ2n) is 14.9. The summed E-state index contributed by atoms with van der Waals surface area (Å²) in [6.45, 7) is 11.8. The van der Waals surface area contributed by atoms with E-state index in [0.717, 1.165) is 32.1 Å². The predicted octanol–water partition coefficient (Wildman–Crippen LogP) is 8.69. The Morgan fingerprint density at radius 1 is 0.848 bits per heavy atom. The first kappa shape index (κ1) is 33.7. The highest BCUT2D eigenvalue weighted by atomic mass is 35.5. The molecule has 0 amide bonds. The van der Waals surface area contributed by atoms with Crippen molar-refractivity contribution in [2.45, 2.75) is 103 Å². The summed E-state index contributed by atoms with van der Waals surface area (Å²) in [6.07, 6.45) is 5.96. The maximum atomic E-state index is 13.3. The van der Waals surface area contributed by atoms with Crippen LogP contribution in [0.25, 0.3) is 0 Å². The Morgan fingerprint density at radius 2 is 1.48 bits per heavy atom. The third-order valence-electron chi connectivity index (χ3n) is 11.8. The highest BCUT2D eigenvalue weighted by Crippen LogP contribution is 2.69. The van der Waals surface area contributed by atoms with E-state index in [1.54, 1.807) is 48.5 Å². The second kappa shape index (κ2) is 12.4. The van der Waals surface area contributed by atoms with E-state index in [1.807, 2.05) is 13.8 Å². The molecule has 0 N–H and O–H groups in total. The molecule has 2 aliphatic heterocycles. The highest BCUT2D eigenvalue weighted by molar-refractivity contribution is 6.34. The van der Waals surface area contributed by atoms with Crippen LogP contribution < -0.4 is 0 Å². The lowest BCUT2D eigenvalue weighted by Crippen LogP contribution is -2.69. The zero-order valence-electron chi connectivity index (χ0n) is 27.5. The second-order valence-corrected chi connectivity index (χ2v) is 15.7. The van der Waals surface area contributed by atoms with Crippen LogP contribution in [0.15, 0.2) is 48.5 Å². The van der Waals surface area contributed by atoms with Gasteiger partial charge in [-0.25, -0.2) is 9.59 Å². The fraction of sp³-hybridized carbons (Fsp3) is 0.622. The van der Waals surface area contributed by atoms with Crippen LogP contribution in [0.2, 0.25) is 10.0 Å². The van der Waals surface area contributed by atoms with E-state index in [1.165, 1.54) is 0 Å². The van der Waals surface area contributed by atoms with Crippen molar-refractivity contribution in [1.29, 1.82) is 0 Å². The molecular weight excluding hydrogens is 627 g/mol. The number of esters is 2. The molecule has 2 aliphatic carbocycles. The lowest BCUT2D eigenvalue weighted by molar-refractivity contribution is -0.359. The van der Waals surface area contributed by atoms with Crippen LogP contribution in [0.1, 0.15) is 100 Å². The van der Waals surface area contributed by atoms with Crippen LogP contribution in [0, 0.1) is 22.7 Å². The van der Waals surface area contributed by atoms with Gasteiger partial charge in [-0.2, -0.15) is 0 Å². The Hall–Kier alpha value is -2.16. The Balaban J connectivity index is 1.27. The van der Waals surface area contributed by atoms with E-state index < -0.39 is 28.9 Å². The van der Waals surface area contributed by atoms with Crippen molar-refractivity contribution in [1.82, 2.24) is 0 Å². The number of ether oxygens (including phenoxy) is 5. The summed E-state index contributed by atoms with van der Waals surface area (Å²) in [5, 5.41) is 0.672. The van der Waals surface area contributed by atoms with Crippen LogP contribution in [0.5, 0.6) is 0 Å². The molecule has 6 rings (SSSR count). The van der Waals surface area contributed by atoms with Gasteiger partial charge in [-0.3, -0.25) is 0 Å². The minimum absolute atomic E-state index is 0.0240. The SMILES string of the molecule is C[C@@H]1CC[C@H]2[C@]3(C)COC(C)(C)O[C@H]3CC[C@]2(C)[C@]12CC[C@](CCOC(=O)c1ccccc1Cl)(COC(=O)c1ccccc1Cl)O2. The molecule has 2 heterocycles. The summed E-state index contributed by atoms with van der Waals surface area (Å²) in [5.74, 6) is -0.988. The van der Waals surface area contributed by atoms with Gasteiger partial charge >= 0.3 is 11.9 Å². The molecule has 0 bridgehead atoms. The third kappa shape index (κ3) is 5.78. The van der Waals surface area contributed by atoms with Crippen LogP contribution >= 0.6 is 23.2 Å². The van der Waals surface area contributed by atoms with E-state index in [9.17, 15) is 9.59 Å². The maximum Gasteiger partial charge on any atom is 0.339 e. The normalized spacial score (nSPS) is 36.5. The molecule has 2 aromatic rings. The largest absolute Gasteiger partial charge is 0.462 e. The first-order valence-electron chi connectivity index (χ1n) is 16.6. The summed E-state index contributed by atoms with van der Waals surface area (Å²) in [4.78, 5) is 26.2. The number of hydrogen-bond donors (Lipinski definition) is 0. The van der Waals surface area contributed by atoms with Gasteiger partial charge in [0.05, 0.1) is 46.1 Å². The molecule has 7 atom stereocenters. The minimum atomic E-state index is -0.851. The monoisotopic (exact) mass is 672 g/mol. The van der Waals surface area contributed by atoms with Gasteiger partial charge in [0.15, 0.2) is 5.79 Å². The number of rotatable bonds is 7. The van der Waals surface area contributed by atoms with Gasteiger partial charge in [0, 0.05) is 17.3 Å². The number of benzene rings is 2. The van der Waals surface area contributed by atoms with Crippen molar-refractivity contribution in [2.24, 2.45) is 22.7 Å². The third-order valence-corrected chi connectivity index (χ3v) is 12.5. The molecular formula is C37H46Cl2O7. The van der Waals surface area contributed by atoms with Gasteiger partial charge in [-0.05, 0) is 88.5 Å². The van der Waals surface area contributed by atoms with Gasteiger partial charge in [0.2, 0.25) is 0 Å². The Kier molecular flexibility index (Phi) is 9.08. The number of carbonyl (C=O) groups is 2. The number of carbonyl (C=O) groups excluding carboxylic acids is 2. The molecule has 46 heavy (non-hydrogen) atoms. The molecule has 7 nitrogen and oxygen atoms in total. The highest BCUT2D eigenvalue weighted by Gasteiger charge is 2.70. The molecule has 4 fully saturated rings. The predicted molar refractivity (Wildman–Crippen MR) is 176 cm³/mol. The van der Waals surface area contributed by atoms with Crippen LogP contribution in [-0.4, -0.2) is 54.9 Å². The summed E-state index contributed by atoms with van der Waals surface area (Å²) in [6, 6.07) is 13.7. The first-order chi connectivity index (χ1) is 21.7. The Bertz CT molecular complexity index is 1480. The first-order valence-corrected chi connectivity index (χ1v) is 17.4. The van der Waals surface area contributed by atoms with Crippen LogP contribution in [0.3, 0.4) is 0 Å². The van der Waals surface area contributed by atoms with Gasteiger partial charge in [-0.1, -0.05) is 68.2 Å². The lowest BCUT2D eigenvalue weighted by atomic mass is 9.43. The average Bonchev–Trinajstić information content (AvgIpc) is 3.41. The quantitative estimate of drug-likeness (QED) is 0.272. The zero-order valence-corrected chi connectivity index (χ0v) is 29.0. The maximum absolute atomic E-state index is 13.3. The number of halogens is 2. The topological polar surface area (TPSA) is 80.3 Å². The lowest BCUT2D eigenvalue weighted by Gasteiger charge is -2.67. The van der Waals surface area contributed by atoms with Gasteiger partial charge in [0.1, 0.15) is 12.2 Å². The van der Waals surface area contributed by atoms with E-state index in [-0.39, 0.29) is 36.1 Å². The van der Waals surface area contributed by atoms with Crippen LogP contribution in [-0.2, 0) is 23.7 Å². The Morgan fingerprint density at radius 3 is 2.13 bits per heavy atom. The van der Waals surface area contributed by atoms with E-state index in [0.29, 0.717) is 46.5 Å². The van der Waals surface area contributed by atoms with E-state index >= 15 is 0 Å². The van der Waals surface area contributed by atoms with Crippen molar-refractivity contribution in [3.05, 3.63) is 69.7 Å². The molecule has 4 aliphatic rings. The van der Waals surface area contributed by atoms with Crippen molar-refractivity contribution in [3.8, 4) is 0 Å².